The van der Waals surface area contributed by atoms with Crippen LogP contribution < -0.4 is 15.5 Å². The van der Waals surface area contributed by atoms with Crippen LogP contribution in [-0.4, -0.2) is 17.7 Å². The fourth-order valence-corrected chi connectivity index (χ4v) is 3.48. The predicted molar refractivity (Wildman–Crippen MR) is 121 cm³/mol. The molecule has 0 fully saturated rings. The van der Waals surface area contributed by atoms with Crippen molar-refractivity contribution in [2.24, 2.45) is 0 Å². The second-order valence-electron chi connectivity index (χ2n) is 7.43. The third-order valence-corrected chi connectivity index (χ3v) is 4.96. The molecule has 0 saturated carbocycles. The Hall–Kier alpha value is -4.26. The Morgan fingerprint density at radius 3 is 2.19 bits per heavy atom. The van der Waals surface area contributed by atoms with Crippen LogP contribution in [0.2, 0.25) is 0 Å². The molecule has 0 bridgehead atoms. The van der Waals surface area contributed by atoms with Crippen LogP contribution in [0.3, 0.4) is 0 Å². The molecular weight excluding hydrogens is 409 g/mol. The molecule has 3 aromatic carbocycles. The van der Waals surface area contributed by atoms with Gasteiger partial charge in [0.1, 0.15) is 11.5 Å². The van der Waals surface area contributed by atoms with Crippen LogP contribution in [0.1, 0.15) is 18.1 Å². The minimum Gasteiger partial charge on any atom is -0.350 e. The lowest BCUT2D eigenvalue weighted by molar-refractivity contribution is -0.120. The summed E-state index contributed by atoms with van der Waals surface area (Å²) < 4.78 is 13.7. The number of aryl methyl sites for hydroxylation is 1. The van der Waals surface area contributed by atoms with E-state index in [2.05, 4.69) is 10.6 Å². The van der Waals surface area contributed by atoms with Crippen molar-refractivity contribution in [1.29, 1.82) is 0 Å². The highest BCUT2D eigenvalue weighted by molar-refractivity contribution is 6.46. The quantitative estimate of drug-likeness (QED) is 0.586. The number of carbonyl (C=O) groups is 3. The predicted octanol–water partition coefficient (Wildman–Crippen LogP) is 4.49. The number of imide groups is 1. The van der Waals surface area contributed by atoms with Crippen molar-refractivity contribution in [1.82, 2.24) is 0 Å². The molecule has 3 aromatic rings. The van der Waals surface area contributed by atoms with Crippen molar-refractivity contribution in [3.8, 4) is 0 Å². The molecule has 7 heteroatoms. The fraction of sp³-hybridized carbons (Fsp3) is 0.0800. The Kier molecular flexibility index (Phi) is 5.55. The number of nitrogens with zero attached hydrogens (tertiary/aromatic N) is 1. The molecular formula is C25H20FN3O3. The summed E-state index contributed by atoms with van der Waals surface area (Å²) in [6, 6.07) is 19.3. The molecule has 0 aromatic heterocycles. The molecule has 160 valence electrons. The van der Waals surface area contributed by atoms with Gasteiger partial charge in [0.05, 0.1) is 11.3 Å². The lowest BCUT2D eigenvalue weighted by Crippen LogP contribution is -2.32. The summed E-state index contributed by atoms with van der Waals surface area (Å²) in [5, 5.41) is 5.58. The van der Waals surface area contributed by atoms with Gasteiger partial charge in [0.25, 0.3) is 11.8 Å². The van der Waals surface area contributed by atoms with Crippen LogP contribution in [0, 0.1) is 12.7 Å². The highest BCUT2D eigenvalue weighted by Crippen LogP contribution is 2.34. The number of hydrogen-bond donors (Lipinski definition) is 2. The van der Waals surface area contributed by atoms with Gasteiger partial charge in [-0.1, -0.05) is 35.9 Å². The maximum absolute atomic E-state index is 13.7. The van der Waals surface area contributed by atoms with Gasteiger partial charge >= 0.3 is 0 Å². The van der Waals surface area contributed by atoms with Crippen LogP contribution in [0.15, 0.2) is 78.5 Å². The second-order valence-corrected chi connectivity index (χ2v) is 7.43. The van der Waals surface area contributed by atoms with Gasteiger partial charge in [-0.15, -0.1) is 0 Å². The van der Waals surface area contributed by atoms with Crippen LogP contribution in [0.25, 0.3) is 5.57 Å². The van der Waals surface area contributed by atoms with Gasteiger partial charge in [-0.2, -0.15) is 0 Å². The summed E-state index contributed by atoms with van der Waals surface area (Å²) >= 11 is 0. The molecule has 0 atom stereocenters. The van der Waals surface area contributed by atoms with E-state index in [4.69, 9.17) is 0 Å². The number of nitrogens with one attached hydrogen (secondary N) is 2. The van der Waals surface area contributed by atoms with Gasteiger partial charge in [-0.05, 0) is 55.0 Å². The number of anilines is 3. The highest BCUT2D eigenvalue weighted by Gasteiger charge is 2.40. The number of carbonyl (C=O) groups excluding carboxylic acids is 3. The van der Waals surface area contributed by atoms with E-state index < -0.39 is 17.6 Å². The maximum atomic E-state index is 13.7. The zero-order chi connectivity index (χ0) is 22.8. The molecule has 0 radical (unpaired) electrons. The van der Waals surface area contributed by atoms with Crippen molar-refractivity contribution in [3.63, 3.8) is 0 Å². The molecule has 6 nitrogen and oxygen atoms in total. The largest absolute Gasteiger partial charge is 0.350 e. The fourth-order valence-electron chi connectivity index (χ4n) is 3.48. The Balaban J connectivity index is 1.75. The van der Waals surface area contributed by atoms with E-state index in [0.717, 1.165) is 10.5 Å². The smallest absolute Gasteiger partial charge is 0.282 e. The minimum atomic E-state index is -0.554. The molecule has 0 aliphatic carbocycles. The third-order valence-electron chi connectivity index (χ3n) is 4.96. The van der Waals surface area contributed by atoms with Gasteiger partial charge in [0.15, 0.2) is 0 Å². The van der Waals surface area contributed by atoms with E-state index in [-0.39, 0.29) is 17.2 Å². The van der Waals surface area contributed by atoms with Crippen LogP contribution in [0.5, 0.6) is 0 Å². The van der Waals surface area contributed by atoms with E-state index >= 15 is 0 Å². The molecule has 3 amide bonds. The summed E-state index contributed by atoms with van der Waals surface area (Å²) in [6.45, 7) is 3.32. The van der Waals surface area contributed by atoms with E-state index in [1.165, 1.54) is 25.1 Å². The average molecular weight is 429 g/mol. The molecule has 0 saturated heterocycles. The minimum absolute atomic E-state index is 0.0652. The molecule has 4 rings (SSSR count). The van der Waals surface area contributed by atoms with E-state index in [0.29, 0.717) is 22.6 Å². The van der Waals surface area contributed by atoms with E-state index in [9.17, 15) is 18.8 Å². The highest BCUT2D eigenvalue weighted by atomic mass is 19.1. The number of hydrogen-bond acceptors (Lipinski definition) is 4. The lowest BCUT2D eigenvalue weighted by Gasteiger charge is -2.16. The molecule has 1 aliphatic heterocycles. The van der Waals surface area contributed by atoms with Gasteiger partial charge in [0, 0.05) is 18.3 Å². The summed E-state index contributed by atoms with van der Waals surface area (Å²) in [5.41, 5.74) is 3.11. The second kappa shape index (κ2) is 8.47. The molecule has 32 heavy (non-hydrogen) atoms. The maximum Gasteiger partial charge on any atom is 0.282 e. The first-order valence-electron chi connectivity index (χ1n) is 9.94. The third kappa shape index (κ3) is 4.13. The van der Waals surface area contributed by atoms with Gasteiger partial charge in [0.2, 0.25) is 5.91 Å². The Bertz CT molecular complexity index is 1250. The van der Waals surface area contributed by atoms with Crippen LogP contribution >= 0.6 is 0 Å². The number of rotatable bonds is 5. The van der Waals surface area contributed by atoms with Crippen molar-refractivity contribution >= 4 is 40.4 Å². The number of amides is 3. The van der Waals surface area contributed by atoms with Gasteiger partial charge in [-0.25, -0.2) is 9.29 Å². The van der Waals surface area contributed by atoms with Gasteiger partial charge in [-0.3, -0.25) is 14.4 Å². The van der Waals surface area contributed by atoms with Gasteiger partial charge < -0.3 is 10.6 Å². The summed E-state index contributed by atoms with van der Waals surface area (Å²) in [7, 11) is 0. The summed E-state index contributed by atoms with van der Waals surface area (Å²) in [6.07, 6.45) is 0. The Labute approximate surface area is 184 Å². The van der Waals surface area contributed by atoms with Crippen molar-refractivity contribution < 1.29 is 18.8 Å². The zero-order valence-corrected chi connectivity index (χ0v) is 17.5. The number of benzene rings is 3. The first kappa shape index (κ1) is 21.0. The molecule has 2 N–H and O–H groups in total. The zero-order valence-electron chi connectivity index (χ0n) is 17.5. The van der Waals surface area contributed by atoms with Crippen molar-refractivity contribution in [2.75, 3.05) is 15.5 Å². The van der Waals surface area contributed by atoms with Crippen LogP contribution in [-0.2, 0) is 14.4 Å². The van der Waals surface area contributed by atoms with Crippen molar-refractivity contribution in [2.45, 2.75) is 13.8 Å². The van der Waals surface area contributed by atoms with Crippen LogP contribution in [0.4, 0.5) is 21.5 Å². The Morgan fingerprint density at radius 1 is 0.875 bits per heavy atom. The molecule has 1 heterocycles. The van der Waals surface area contributed by atoms with E-state index in [1.54, 1.807) is 42.5 Å². The average Bonchev–Trinajstić information content (AvgIpc) is 2.99. The summed E-state index contributed by atoms with van der Waals surface area (Å²) in [5.74, 6) is -1.74. The first-order valence-corrected chi connectivity index (χ1v) is 9.94. The summed E-state index contributed by atoms with van der Waals surface area (Å²) in [4.78, 5) is 39.1. The number of halogens is 1. The molecule has 1 aliphatic rings. The standard InChI is InChI=1S/C25H20FN3O3/c1-15-6-8-17(9-7-15)22-23(28-20-5-3-4-18(26)14-20)25(32)29(24(22)31)21-12-10-19(11-13-21)27-16(2)30/h3-14,28H,1-2H3,(H,27,30). The topological polar surface area (TPSA) is 78.5 Å². The SMILES string of the molecule is CC(=O)Nc1ccc(N2C(=O)C(Nc3cccc(F)c3)=C(c3ccc(C)cc3)C2=O)cc1. The van der Waals surface area contributed by atoms with E-state index in [1.807, 2.05) is 19.1 Å². The van der Waals surface area contributed by atoms with Crippen molar-refractivity contribution in [3.05, 3.63) is 95.4 Å². The first-order chi connectivity index (χ1) is 15.3. The Morgan fingerprint density at radius 2 is 1.56 bits per heavy atom. The normalized spacial score (nSPS) is 13.5. The monoisotopic (exact) mass is 429 g/mol. The lowest BCUT2D eigenvalue weighted by atomic mass is 10.0. The molecule has 0 spiro atoms. The molecule has 0 unspecified atom stereocenters.